The van der Waals surface area contributed by atoms with Crippen molar-refractivity contribution in [2.75, 3.05) is 36.4 Å². The van der Waals surface area contributed by atoms with Gasteiger partial charge >= 0.3 is 0 Å². The molecular weight excluding hydrogens is 466 g/mol. The second-order valence-corrected chi connectivity index (χ2v) is 9.65. The van der Waals surface area contributed by atoms with Crippen LogP contribution in [0.4, 0.5) is 17.3 Å². The Balaban J connectivity index is 1.43. The minimum absolute atomic E-state index is 0.273. The van der Waals surface area contributed by atoms with Crippen LogP contribution in [-0.4, -0.2) is 56.9 Å². The van der Waals surface area contributed by atoms with Crippen molar-refractivity contribution in [2.45, 2.75) is 39.8 Å². The van der Waals surface area contributed by atoms with Crippen molar-refractivity contribution in [3.8, 4) is 11.5 Å². The first-order chi connectivity index (χ1) is 17.9. The lowest BCUT2D eigenvalue weighted by molar-refractivity contribution is 0.238. The van der Waals surface area contributed by atoms with Crippen LogP contribution in [-0.2, 0) is 6.54 Å². The number of nitrogens with zero attached hydrogens (tertiary/aromatic N) is 6. The zero-order valence-electron chi connectivity index (χ0n) is 21.6. The van der Waals surface area contributed by atoms with Gasteiger partial charge in [-0.05, 0) is 63.1 Å². The molecule has 1 aliphatic heterocycles. The molecule has 0 atom stereocenters. The summed E-state index contributed by atoms with van der Waals surface area (Å²) in [5.41, 5.74) is 3.97. The van der Waals surface area contributed by atoms with Gasteiger partial charge in [-0.15, -0.1) is 6.58 Å². The lowest BCUT2D eigenvalue weighted by Crippen LogP contribution is -2.35. The lowest BCUT2D eigenvalue weighted by Gasteiger charge is -2.27. The molecule has 1 N–H and O–H groups in total. The SMILES string of the molecule is C=CCn1nc(-c2ccco2)c2nc(Nc3ccc(N4CCCN(C(C)C)CC4)c(C)c3)ncc2c1=O. The highest BCUT2D eigenvalue weighted by Gasteiger charge is 2.19. The monoisotopic (exact) mass is 499 g/mol. The molecule has 0 spiro atoms. The van der Waals surface area contributed by atoms with E-state index in [9.17, 15) is 4.79 Å². The van der Waals surface area contributed by atoms with Gasteiger partial charge in [-0.25, -0.2) is 14.6 Å². The smallest absolute Gasteiger partial charge is 0.278 e. The number of nitrogens with one attached hydrogen (secondary N) is 1. The Labute approximate surface area is 216 Å². The van der Waals surface area contributed by atoms with Gasteiger partial charge in [0, 0.05) is 49.8 Å². The number of hydrogen-bond acceptors (Lipinski definition) is 8. The van der Waals surface area contributed by atoms with Crippen LogP contribution in [0.1, 0.15) is 25.8 Å². The number of allylic oxidation sites excluding steroid dienone is 1. The molecule has 1 aromatic carbocycles. The number of benzene rings is 1. The molecular formula is C28H33N7O2. The summed E-state index contributed by atoms with van der Waals surface area (Å²) in [5.74, 6) is 0.915. The summed E-state index contributed by atoms with van der Waals surface area (Å²) in [6, 6.07) is 10.5. The molecule has 0 radical (unpaired) electrons. The van der Waals surface area contributed by atoms with E-state index >= 15 is 0 Å². The molecule has 0 unspecified atom stereocenters. The van der Waals surface area contributed by atoms with E-state index in [1.807, 2.05) is 0 Å². The van der Waals surface area contributed by atoms with E-state index in [0.29, 0.717) is 34.3 Å². The molecule has 4 aromatic rings. The summed E-state index contributed by atoms with van der Waals surface area (Å²) >= 11 is 0. The van der Waals surface area contributed by atoms with Crippen molar-refractivity contribution in [1.82, 2.24) is 24.6 Å². The Morgan fingerprint density at radius 1 is 1.19 bits per heavy atom. The van der Waals surface area contributed by atoms with Crippen LogP contribution < -0.4 is 15.8 Å². The average molecular weight is 500 g/mol. The fourth-order valence-corrected chi connectivity index (χ4v) is 4.87. The first kappa shape index (κ1) is 24.7. The van der Waals surface area contributed by atoms with E-state index < -0.39 is 0 Å². The number of fused-ring (bicyclic) bond motifs is 1. The van der Waals surface area contributed by atoms with E-state index in [2.05, 4.69) is 75.7 Å². The molecule has 0 aliphatic carbocycles. The molecule has 3 aromatic heterocycles. The fourth-order valence-electron chi connectivity index (χ4n) is 4.87. The molecule has 0 bridgehead atoms. The van der Waals surface area contributed by atoms with Gasteiger partial charge in [0.2, 0.25) is 5.95 Å². The first-order valence-corrected chi connectivity index (χ1v) is 12.7. The quantitative estimate of drug-likeness (QED) is 0.369. The summed E-state index contributed by atoms with van der Waals surface area (Å²) in [5, 5.41) is 8.17. The number of aryl methyl sites for hydroxylation is 1. The summed E-state index contributed by atoms with van der Waals surface area (Å²) < 4.78 is 6.92. The maximum absolute atomic E-state index is 12.9. The normalized spacial score (nSPS) is 14.8. The van der Waals surface area contributed by atoms with E-state index in [0.717, 1.165) is 38.3 Å². The van der Waals surface area contributed by atoms with Gasteiger partial charge < -0.3 is 14.6 Å². The van der Waals surface area contributed by atoms with Crippen molar-refractivity contribution in [1.29, 1.82) is 0 Å². The third-order valence-corrected chi connectivity index (χ3v) is 6.81. The largest absolute Gasteiger partial charge is 0.463 e. The molecule has 9 nitrogen and oxygen atoms in total. The third-order valence-electron chi connectivity index (χ3n) is 6.81. The number of hydrogen-bond donors (Lipinski definition) is 1. The predicted octanol–water partition coefficient (Wildman–Crippen LogP) is 4.61. The Kier molecular flexibility index (Phi) is 7.05. The van der Waals surface area contributed by atoms with Crippen LogP contribution in [0.3, 0.4) is 0 Å². The highest BCUT2D eigenvalue weighted by molar-refractivity contribution is 5.89. The van der Waals surface area contributed by atoms with Crippen molar-refractivity contribution >= 4 is 28.2 Å². The van der Waals surface area contributed by atoms with Crippen LogP contribution >= 0.6 is 0 Å². The Morgan fingerprint density at radius 2 is 2.05 bits per heavy atom. The Morgan fingerprint density at radius 3 is 2.78 bits per heavy atom. The number of rotatable bonds is 7. The van der Waals surface area contributed by atoms with Gasteiger partial charge in [0.25, 0.3) is 5.56 Å². The Bertz CT molecular complexity index is 1460. The lowest BCUT2D eigenvalue weighted by atomic mass is 10.1. The second-order valence-electron chi connectivity index (χ2n) is 9.65. The zero-order valence-corrected chi connectivity index (χ0v) is 21.6. The van der Waals surface area contributed by atoms with Gasteiger partial charge in [-0.1, -0.05) is 6.08 Å². The Hall–Kier alpha value is -3.98. The van der Waals surface area contributed by atoms with Crippen molar-refractivity contribution in [2.24, 2.45) is 0 Å². The predicted molar refractivity (Wildman–Crippen MR) is 147 cm³/mol. The molecule has 1 aliphatic rings. The molecule has 1 fully saturated rings. The van der Waals surface area contributed by atoms with Gasteiger partial charge in [0.05, 0.1) is 18.2 Å². The topological polar surface area (TPSA) is 92.3 Å². The minimum atomic E-state index is -0.273. The molecule has 5 rings (SSSR count). The number of anilines is 3. The van der Waals surface area contributed by atoms with Crippen LogP contribution in [0, 0.1) is 6.92 Å². The standard InChI is InChI=1S/C28H33N7O2/c1-5-11-35-27(36)22-18-29-28(31-25(22)26(32-35)24-8-6-16-37-24)30-21-9-10-23(20(4)17-21)34-13-7-12-33(14-15-34)19(2)3/h5-6,8-10,16-19H,1,7,11-15H2,2-4H3,(H,29,30,31). The summed E-state index contributed by atoms with van der Waals surface area (Å²) in [7, 11) is 0. The first-order valence-electron chi connectivity index (χ1n) is 12.7. The molecule has 9 heteroatoms. The van der Waals surface area contributed by atoms with E-state index in [1.54, 1.807) is 30.7 Å². The number of furan rings is 1. The minimum Gasteiger partial charge on any atom is -0.463 e. The van der Waals surface area contributed by atoms with Gasteiger partial charge in [-0.2, -0.15) is 5.10 Å². The molecule has 37 heavy (non-hydrogen) atoms. The van der Waals surface area contributed by atoms with Gasteiger partial charge in [0.1, 0.15) is 5.52 Å². The number of aromatic nitrogens is 4. The van der Waals surface area contributed by atoms with Crippen molar-refractivity contribution < 1.29 is 4.42 Å². The van der Waals surface area contributed by atoms with Crippen LogP contribution in [0.2, 0.25) is 0 Å². The van der Waals surface area contributed by atoms with Crippen LogP contribution in [0.5, 0.6) is 0 Å². The van der Waals surface area contributed by atoms with E-state index in [1.165, 1.54) is 15.9 Å². The highest BCUT2D eigenvalue weighted by atomic mass is 16.3. The molecule has 4 heterocycles. The summed E-state index contributed by atoms with van der Waals surface area (Å²) in [6.45, 7) is 14.9. The van der Waals surface area contributed by atoms with E-state index in [4.69, 9.17) is 4.42 Å². The maximum Gasteiger partial charge on any atom is 0.278 e. The average Bonchev–Trinajstić information content (AvgIpc) is 3.30. The second kappa shape index (κ2) is 10.6. The summed E-state index contributed by atoms with van der Waals surface area (Å²) in [6.07, 6.45) is 5.89. The van der Waals surface area contributed by atoms with Crippen molar-refractivity contribution in [3.05, 3.63) is 71.4 Å². The van der Waals surface area contributed by atoms with Gasteiger partial charge in [-0.3, -0.25) is 9.69 Å². The molecule has 0 amide bonds. The third kappa shape index (κ3) is 5.13. The van der Waals surface area contributed by atoms with Crippen LogP contribution in [0.15, 0.2) is 64.7 Å². The molecule has 192 valence electrons. The fraction of sp³-hybridized carbons (Fsp3) is 0.357. The maximum atomic E-state index is 12.9. The van der Waals surface area contributed by atoms with Crippen molar-refractivity contribution in [3.63, 3.8) is 0 Å². The van der Waals surface area contributed by atoms with Crippen LogP contribution in [0.25, 0.3) is 22.4 Å². The van der Waals surface area contributed by atoms with Gasteiger partial charge in [0.15, 0.2) is 11.5 Å². The summed E-state index contributed by atoms with van der Waals surface area (Å²) in [4.78, 5) is 27.1. The highest BCUT2D eigenvalue weighted by Crippen LogP contribution is 2.28. The van der Waals surface area contributed by atoms with E-state index in [-0.39, 0.29) is 12.1 Å². The molecule has 1 saturated heterocycles. The molecule has 0 saturated carbocycles. The zero-order chi connectivity index (χ0) is 25.9.